The maximum Gasteiger partial charge on any atom is 0.344 e. The molecule has 0 bridgehead atoms. The van der Waals surface area contributed by atoms with E-state index < -0.39 is 6.98 Å². The predicted molar refractivity (Wildman–Crippen MR) is 504 cm³/mol. The molecule has 0 saturated carbocycles. The summed E-state index contributed by atoms with van der Waals surface area (Å²) in [6, 6.07) is 106. The molecule has 608 valence electrons. The van der Waals surface area contributed by atoms with Crippen LogP contribution in [0.1, 0.15) is 31.9 Å². The largest absolute Gasteiger partial charge is 0.419 e. The number of pyridine rings is 5. The fraction of sp³-hybridized carbons (Fsp3) is 0.0741. The highest BCUT2D eigenvalue weighted by molar-refractivity contribution is 7.25. The Morgan fingerprint density at radius 2 is 0.703 bits per heavy atom. The first kappa shape index (κ1) is 69.9. The predicted octanol–water partition coefficient (Wildman–Crippen LogP) is 20.1. The molecule has 19 nitrogen and oxygen atoms in total. The lowest BCUT2D eigenvalue weighted by molar-refractivity contribution is -0.645. The number of benzene rings is 10. The fourth-order valence-corrected chi connectivity index (χ4v) is 22.1. The molecule has 0 radical (unpaired) electrons. The Kier molecular flexibility index (Phi) is 15.7. The number of fused-ring (bicyclic) bond motifs is 35. The minimum Gasteiger partial charge on any atom is -0.419 e. The normalized spacial score (nSPS) is 13.1. The fourth-order valence-electron chi connectivity index (χ4n) is 20.9. The molecule has 25 aromatic rings. The van der Waals surface area contributed by atoms with Crippen molar-refractivity contribution in [3.63, 3.8) is 0 Å². The van der Waals surface area contributed by atoms with Gasteiger partial charge in [-0.2, -0.15) is 18.3 Å². The molecule has 0 amide bonds. The number of aromatic nitrogens is 18. The Morgan fingerprint density at radius 1 is 0.328 bits per heavy atom. The summed E-state index contributed by atoms with van der Waals surface area (Å²) in [5.74, 6) is 5.95. The van der Waals surface area contributed by atoms with Crippen LogP contribution >= 0.6 is 11.3 Å². The summed E-state index contributed by atoms with van der Waals surface area (Å²) in [6.07, 6.45) is 18.7. The van der Waals surface area contributed by atoms with Crippen molar-refractivity contribution < 1.29 is 31.4 Å². The van der Waals surface area contributed by atoms with Gasteiger partial charge in [-0.1, -0.05) is 193 Å². The lowest BCUT2D eigenvalue weighted by Gasteiger charge is -2.08. The smallest absolute Gasteiger partial charge is 0.344 e. The molecule has 128 heavy (non-hydrogen) atoms. The van der Waals surface area contributed by atoms with Crippen LogP contribution in [0.5, 0.6) is 0 Å². The summed E-state index contributed by atoms with van der Waals surface area (Å²) >= 11 is 1.84. The van der Waals surface area contributed by atoms with Gasteiger partial charge in [0, 0.05) is 108 Å². The zero-order valence-electron chi connectivity index (χ0n) is 72.5. The van der Waals surface area contributed by atoms with E-state index in [4.69, 9.17) is 8.53 Å². The summed E-state index contributed by atoms with van der Waals surface area (Å²) in [5, 5.41) is 5.55. The molecule has 30 rings (SSSR count). The standard InChI is InChI=1S/C27H19N4.C22H17N4.C21H14N3O.C21H14N3S.C17H15N4/c1-3-10-20(11-4-1)30-24-15-16-28-17-23(24)25-27(30)31(21-12-5-2-6-13-21)26-22-14-8-7-9-19(22)18-29(25)26;1-24-19-11-12-23-13-18(19)20-22(24)26(16-8-3-2-4-9-16)21-17-10-6-5-7-15(17)14-25(20)21;2*1-2-7-15(8-3-1)24-20-16-9-5-4-6-14(16)13-23(20)19-17-12-22-11-10-18(17)25-21(19)24;1-19-14-7-8-18-9-13(14)15-17(19)20(2)16-12-6-4-3-5-11(12)10-21(15)16/h1-17H,18H2;2-13H,14H2,1H3;2*1-12H,13H2;3-9H,10H2,1-2H3/q5*+1/i;;;;1D3. The number of nitrogens with zero attached hydrogens (tertiary/aromatic N) is 18. The van der Waals surface area contributed by atoms with Crippen LogP contribution in [-0.4, -0.2) is 61.5 Å². The highest BCUT2D eigenvalue weighted by Gasteiger charge is 2.44. The number of hydrogen-bond acceptors (Lipinski definition) is 7. The van der Waals surface area contributed by atoms with E-state index in [1.54, 1.807) is 24.7 Å². The maximum atomic E-state index is 8.00. The van der Waals surface area contributed by atoms with Crippen LogP contribution < -0.4 is 22.8 Å². The number of imidazole rings is 5. The third kappa shape index (κ3) is 10.8. The van der Waals surface area contributed by atoms with E-state index in [1.165, 1.54) is 154 Å². The van der Waals surface area contributed by atoms with Gasteiger partial charge in [-0.05, 0) is 121 Å². The number of rotatable bonds is 5. The summed E-state index contributed by atoms with van der Waals surface area (Å²) in [4.78, 5) is 23.1. The van der Waals surface area contributed by atoms with E-state index in [0.717, 1.165) is 94.3 Å². The minimum absolute atomic E-state index is 0.692. The van der Waals surface area contributed by atoms with Crippen molar-refractivity contribution in [3.05, 3.63) is 393 Å². The van der Waals surface area contributed by atoms with Gasteiger partial charge >= 0.3 is 5.71 Å². The summed E-state index contributed by atoms with van der Waals surface area (Å²) in [6.45, 7) is 2.04. The Morgan fingerprint density at radius 3 is 1.23 bits per heavy atom. The van der Waals surface area contributed by atoms with E-state index in [0.29, 0.717) is 11.2 Å². The van der Waals surface area contributed by atoms with Gasteiger partial charge < -0.3 is 8.98 Å². The number of aryl methyl sites for hydroxylation is 3. The summed E-state index contributed by atoms with van der Waals surface area (Å²) in [5.41, 5.74) is 32.6. The Bertz CT molecular complexity index is 8780. The van der Waals surface area contributed by atoms with Gasteiger partial charge in [0.25, 0.3) is 40.2 Å². The van der Waals surface area contributed by atoms with Crippen molar-refractivity contribution in [1.29, 1.82) is 0 Å². The van der Waals surface area contributed by atoms with Crippen LogP contribution in [0.4, 0.5) is 0 Å². The molecule has 10 aromatic carbocycles. The number of hydrogen-bond donors (Lipinski definition) is 0. The van der Waals surface area contributed by atoms with Crippen LogP contribution in [0.15, 0.2) is 370 Å². The van der Waals surface area contributed by atoms with Gasteiger partial charge in [0.15, 0.2) is 11.0 Å². The monoisotopic (exact) mass is 1680 g/mol. The average molecular weight is 1680 g/mol. The van der Waals surface area contributed by atoms with E-state index in [2.05, 4.69) is 355 Å². The van der Waals surface area contributed by atoms with Crippen molar-refractivity contribution in [1.82, 2.24) is 61.5 Å². The summed E-state index contributed by atoms with van der Waals surface area (Å²) < 4.78 is 61.0. The Hall–Kier alpha value is -16.6. The first-order valence-electron chi connectivity index (χ1n) is 44.5. The molecule has 0 aliphatic carbocycles. The van der Waals surface area contributed by atoms with Crippen LogP contribution in [0.3, 0.4) is 0 Å². The summed E-state index contributed by atoms with van der Waals surface area (Å²) in [7, 11) is 4.08. The van der Waals surface area contributed by atoms with E-state index in [1.807, 2.05) is 90.6 Å². The molecule has 20 heterocycles. The quantitative estimate of drug-likeness (QED) is 0.157. The second kappa shape index (κ2) is 28.8. The second-order valence-corrected chi connectivity index (χ2v) is 34.1. The Labute approximate surface area is 740 Å². The molecule has 0 fully saturated rings. The Balaban J connectivity index is 0.0000000863. The molecule has 15 aromatic heterocycles. The molecule has 0 atom stereocenters. The molecular formula is C108H79N18OS+5. The first-order valence-corrected chi connectivity index (χ1v) is 43.9. The number of thiophene rings is 1. The van der Waals surface area contributed by atoms with E-state index >= 15 is 0 Å². The average Bonchev–Trinajstić information content (AvgIpc) is 1.51. The molecule has 5 aliphatic heterocycles. The molecule has 5 aliphatic rings. The topological polar surface area (TPSA) is 136 Å². The van der Waals surface area contributed by atoms with Crippen LogP contribution in [0.25, 0.3) is 194 Å². The van der Waals surface area contributed by atoms with Gasteiger partial charge in [0.2, 0.25) is 27.2 Å². The van der Waals surface area contributed by atoms with Crippen molar-refractivity contribution in [3.8, 4) is 85.4 Å². The minimum atomic E-state index is -2.25. The van der Waals surface area contributed by atoms with Crippen molar-refractivity contribution in [2.45, 2.75) is 32.7 Å². The van der Waals surface area contributed by atoms with Gasteiger partial charge in [-0.3, -0.25) is 34.1 Å². The van der Waals surface area contributed by atoms with Crippen LogP contribution in [0, 0.1) is 0 Å². The van der Waals surface area contributed by atoms with Crippen LogP contribution in [-0.2, 0) is 53.8 Å². The highest BCUT2D eigenvalue weighted by atomic mass is 32.1. The van der Waals surface area contributed by atoms with Gasteiger partial charge in [-0.25, -0.2) is 27.4 Å². The van der Waals surface area contributed by atoms with Crippen molar-refractivity contribution in [2.75, 3.05) is 0 Å². The molecule has 0 saturated heterocycles. The highest BCUT2D eigenvalue weighted by Crippen LogP contribution is 2.46. The molecular weight excluding hydrogens is 1600 g/mol. The molecule has 20 heteroatoms. The second-order valence-electron chi connectivity index (χ2n) is 33.1. The van der Waals surface area contributed by atoms with E-state index in [9.17, 15) is 0 Å². The van der Waals surface area contributed by atoms with Crippen molar-refractivity contribution in [2.24, 2.45) is 21.1 Å². The third-order valence-electron chi connectivity index (χ3n) is 26.2. The number of furan rings is 1. The SMILES string of the molecule is Cn1c2ccncc2c2c1n(-c1ccccc1)c1[n+]2Cc2ccccc2-1.[2H]C([2H])([2H])n1c2ccncc2c2c1[n+](C)c1n2Cc2ccccc2-1.c1ccc(-n2c3[n+](c4c5cnccc5n(-c5ccccc5)c42)Cc2ccccc2-3)cc1.c1ccc(-n2c3[n+](c4c5cnccc5oc42)Cc2ccccc2-3)cc1.c1ccc(-n2c3[n+](c4c5cnccc5sc42)Cc2ccccc2-3)cc1. The zero-order chi connectivity index (χ0) is 87.0. The molecule has 0 unspecified atom stereocenters. The molecule has 0 spiro atoms. The van der Waals surface area contributed by atoms with Crippen LogP contribution in [0.2, 0.25) is 0 Å². The van der Waals surface area contributed by atoms with Gasteiger partial charge in [0.05, 0.1) is 90.5 Å². The third-order valence-corrected chi connectivity index (χ3v) is 27.4. The number of para-hydroxylation sites is 5. The van der Waals surface area contributed by atoms with E-state index in [-0.39, 0.29) is 0 Å². The zero-order valence-corrected chi connectivity index (χ0v) is 70.4. The first-order chi connectivity index (χ1) is 64.6. The van der Waals surface area contributed by atoms with Gasteiger partial charge in [0.1, 0.15) is 60.0 Å². The lowest BCUT2D eigenvalue weighted by atomic mass is 10.1. The van der Waals surface area contributed by atoms with Gasteiger partial charge in [-0.15, -0.1) is 0 Å². The molecule has 0 N–H and O–H groups in total. The maximum absolute atomic E-state index is 8.00. The lowest BCUT2D eigenvalue weighted by Crippen LogP contribution is -2.31. The van der Waals surface area contributed by atoms with Crippen molar-refractivity contribution >= 4 is 120 Å².